The van der Waals surface area contributed by atoms with Gasteiger partial charge in [0.05, 0.1) is 12.2 Å². The number of fused-ring (bicyclic) bond motifs is 1. The average Bonchev–Trinajstić information content (AvgIpc) is 3.09. The summed E-state index contributed by atoms with van der Waals surface area (Å²) >= 11 is 0. The number of hydrogen-bond acceptors (Lipinski definition) is 3. The van der Waals surface area contributed by atoms with Gasteiger partial charge in [-0.15, -0.1) is 0 Å². The number of rotatable bonds is 4. The van der Waals surface area contributed by atoms with Crippen LogP contribution in [0.3, 0.4) is 0 Å². The topological polar surface area (TPSA) is 59.0 Å². The molecule has 7 heteroatoms. The van der Waals surface area contributed by atoms with E-state index in [-0.39, 0.29) is 18.6 Å². The molecular formula is C20H18F2N4O. The number of nitrogens with zero attached hydrogens (tertiary/aromatic N) is 2. The zero-order valence-electron chi connectivity index (χ0n) is 14.7. The van der Waals surface area contributed by atoms with E-state index in [4.69, 9.17) is 0 Å². The number of halogens is 2. The number of nitrogens with one attached hydrogen (secondary N) is 2. The summed E-state index contributed by atoms with van der Waals surface area (Å²) in [6.45, 7) is 2.51. The maximum Gasteiger partial charge on any atom is 0.269 e. The normalized spacial score (nSPS) is 16.1. The molecule has 4 rings (SSSR count). The minimum absolute atomic E-state index is 0.186. The Balaban J connectivity index is 1.59. The molecule has 27 heavy (non-hydrogen) atoms. The number of carbonyl (C=O) groups is 1. The lowest BCUT2D eigenvalue weighted by Crippen LogP contribution is -2.45. The monoisotopic (exact) mass is 368 g/mol. The Morgan fingerprint density at radius 2 is 1.96 bits per heavy atom. The third-order valence-electron chi connectivity index (χ3n) is 4.61. The number of carbonyl (C=O) groups excluding carboxylic acids is 1. The Hall–Kier alpha value is -3.06. The summed E-state index contributed by atoms with van der Waals surface area (Å²) < 4.78 is 28.5. The van der Waals surface area contributed by atoms with Gasteiger partial charge in [0.2, 0.25) is 0 Å². The fraction of sp³-hybridized carbons (Fsp3) is 0.200. The molecule has 0 fully saturated rings. The molecule has 1 aliphatic heterocycles. The Kier molecular flexibility index (Phi) is 4.45. The summed E-state index contributed by atoms with van der Waals surface area (Å²) in [5, 5.41) is 10.5. The number of benzene rings is 2. The second-order valence-corrected chi connectivity index (χ2v) is 6.57. The van der Waals surface area contributed by atoms with Gasteiger partial charge in [0.1, 0.15) is 23.5 Å². The Morgan fingerprint density at radius 1 is 1.19 bits per heavy atom. The van der Waals surface area contributed by atoms with Gasteiger partial charge in [0.25, 0.3) is 5.91 Å². The van der Waals surface area contributed by atoms with Crippen molar-refractivity contribution in [2.24, 2.45) is 0 Å². The summed E-state index contributed by atoms with van der Waals surface area (Å²) in [7, 11) is 0. The number of hydrogen-bond donors (Lipinski definition) is 2. The minimum atomic E-state index is -0.613. The highest BCUT2D eigenvalue weighted by Gasteiger charge is 2.27. The summed E-state index contributed by atoms with van der Waals surface area (Å²) in [5.41, 5.74) is 3.54. The first-order valence-corrected chi connectivity index (χ1v) is 8.63. The van der Waals surface area contributed by atoms with Crippen molar-refractivity contribution in [3.8, 4) is 11.3 Å². The van der Waals surface area contributed by atoms with Crippen molar-refractivity contribution in [1.29, 1.82) is 0 Å². The molecule has 138 valence electrons. The molecule has 0 radical (unpaired) electrons. The molecule has 2 N–H and O–H groups in total. The summed E-state index contributed by atoms with van der Waals surface area (Å²) in [6.07, 6.45) is -0.332. The quantitative estimate of drug-likeness (QED) is 0.744. The number of amides is 1. The van der Waals surface area contributed by atoms with E-state index < -0.39 is 11.6 Å². The van der Waals surface area contributed by atoms with Gasteiger partial charge in [-0.3, -0.25) is 10.1 Å². The molecule has 0 spiro atoms. The Morgan fingerprint density at radius 3 is 2.70 bits per heavy atom. The van der Waals surface area contributed by atoms with Crippen LogP contribution in [0.4, 0.5) is 8.78 Å². The minimum Gasteiger partial charge on any atom is -0.347 e. The summed E-state index contributed by atoms with van der Waals surface area (Å²) in [4.78, 5) is 12.2. The van der Waals surface area contributed by atoms with Crippen LogP contribution in [0.1, 0.15) is 27.8 Å². The van der Waals surface area contributed by atoms with Gasteiger partial charge >= 0.3 is 0 Å². The van der Waals surface area contributed by atoms with E-state index in [0.29, 0.717) is 23.5 Å². The van der Waals surface area contributed by atoms with E-state index in [1.165, 1.54) is 12.1 Å². The molecule has 0 bridgehead atoms. The van der Waals surface area contributed by atoms with Gasteiger partial charge in [-0.05, 0) is 19.1 Å². The van der Waals surface area contributed by atoms with E-state index in [1.54, 1.807) is 10.7 Å². The molecule has 3 aromatic rings. The summed E-state index contributed by atoms with van der Waals surface area (Å²) in [5.74, 6) is -1.42. The van der Waals surface area contributed by atoms with E-state index >= 15 is 0 Å². The highest BCUT2D eigenvalue weighted by atomic mass is 19.1. The van der Waals surface area contributed by atoms with Crippen molar-refractivity contribution in [2.75, 3.05) is 6.54 Å². The fourth-order valence-electron chi connectivity index (χ4n) is 3.08. The van der Waals surface area contributed by atoms with Crippen molar-refractivity contribution in [1.82, 2.24) is 20.4 Å². The van der Waals surface area contributed by atoms with Crippen LogP contribution in [0.25, 0.3) is 11.3 Å². The van der Waals surface area contributed by atoms with E-state index in [1.807, 2.05) is 31.2 Å². The van der Waals surface area contributed by atoms with Gasteiger partial charge in [0, 0.05) is 23.7 Å². The molecule has 1 aromatic heterocycles. The van der Waals surface area contributed by atoms with Crippen molar-refractivity contribution < 1.29 is 13.6 Å². The van der Waals surface area contributed by atoms with Crippen molar-refractivity contribution in [3.05, 3.63) is 77.0 Å². The number of aromatic nitrogens is 2. The molecular weight excluding hydrogens is 350 g/mol. The largest absolute Gasteiger partial charge is 0.347 e. The van der Waals surface area contributed by atoms with Crippen LogP contribution in [-0.2, 0) is 6.54 Å². The van der Waals surface area contributed by atoms with Crippen LogP contribution in [0, 0.1) is 18.6 Å². The smallest absolute Gasteiger partial charge is 0.269 e. The maximum absolute atomic E-state index is 13.8. The second kappa shape index (κ2) is 6.92. The van der Waals surface area contributed by atoms with Crippen LogP contribution >= 0.6 is 0 Å². The first-order chi connectivity index (χ1) is 13.0. The lowest BCUT2D eigenvalue weighted by atomic mass is 10.1. The van der Waals surface area contributed by atoms with Gasteiger partial charge < -0.3 is 5.32 Å². The zero-order chi connectivity index (χ0) is 19.0. The Bertz CT molecular complexity index is 998. The molecule has 0 aliphatic carbocycles. The fourth-order valence-corrected chi connectivity index (χ4v) is 3.08. The van der Waals surface area contributed by atoms with E-state index in [0.717, 1.165) is 17.2 Å². The number of aryl methyl sites for hydroxylation is 1. The molecule has 2 heterocycles. The van der Waals surface area contributed by atoms with Crippen molar-refractivity contribution >= 4 is 5.91 Å². The van der Waals surface area contributed by atoms with Crippen LogP contribution in [0.5, 0.6) is 0 Å². The standard InChI is InChI=1S/C20H18F2N4O/c1-12-2-4-13(5-3-12)17-9-18-20(27)24-11-19(26(18)25-17)23-10-14-6-7-15(21)8-16(14)22/h2-9,19,23H,10-11H2,1H3,(H,24,27)/t19-/m1/s1. The molecule has 0 saturated carbocycles. The van der Waals surface area contributed by atoms with Crippen molar-refractivity contribution in [2.45, 2.75) is 19.6 Å². The molecule has 5 nitrogen and oxygen atoms in total. The van der Waals surface area contributed by atoms with Crippen LogP contribution in [-0.4, -0.2) is 22.2 Å². The highest BCUT2D eigenvalue weighted by Crippen LogP contribution is 2.23. The molecule has 1 aliphatic rings. The van der Waals surface area contributed by atoms with Gasteiger partial charge in [0.15, 0.2) is 0 Å². The molecule has 1 atom stereocenters. The van der Waals surface area contributed by atoms with Gasteiger partial charge in [-0.25, -0.2) is 13.5 Å². The Labute approximate surface area is 155 Å². The molecule has 2 aromatic carbocycles. The van der Waals surface area contributed by atoms with Gasteiger partial charge in [-0.2, -0.15) is 5.10 Å². The first-order valence-electron chi connectivity index (χ1n) is 8.63. The predicted molar refractivity (Wildman–Crippen MR) is 97.0 cm³/mol. The predicted octanol–water partition coefficient (Wildman–Crippen LogP) is 3.17. The van der Waals surface area contributed by atoms with Crippen molar-refractivity contribution in [3.63, 3.8) is 0 Å². The summed E-state index contributed by atoms with van der Waals surface area (Å²) in [6, 6.07) is 13.1. The van der Waals surface area contributed by atoms with Crippen LogP contribution < -0.4 is 10.6 Å². The molecule has 1 amide bonds. The maximum atomic E-state index is 13.8. The van der Waals surface area contributed by atoms with E-state index in [9.17, 15) is 13.6 Å². The van der Waals surface area contributed by atoms with Crippen LogP contribution in [0.15, 0.2) is 48.5 Å². The second-order valence-electron chi connectivity index (χ2n) is 6.57. The van der Waals surface area contributed by atoms with Crippen LogP contribution in [0.2, 0.25) is 0 Å². The lowest BCUT2D eigenvalue weighted by Gasteiger charge is -2.25. The first kappa shape index (κ1) is 17.4. The molecule has 0 unspecified atom stereocenters. The van der Waals surface area contributed by atoms with Gasteiger partial charge in [-0.1, -0.05) is 35.9 Å². The highest BCUT2D eigenvalue weighted by molar-refractivity contribution is 5.94. The third-order valence-corrected chi connectivity index (χ3v) is 4.61. The molecule has 0 saturated heterocycles. The zero-order valence-corrected chi connectivity index (χ0v) is 14.7. The third kappa shape index (κ3) is 3.46. The lowest BCUT2D eigenvalue weighted by molar-refractivity contribution is 0.0900. The average molecular weight is 368 g/mol. The van der Waals surface area contributed by atoms with E-state index in [2.05, 4.69) is 15.7 Å². The SMILES string of the molecule is Cc1ccc(-c2cc3n(n2)[C@@H](NCc2ccc(F)cc2F)CNC3=O)cc1.